The maximum Gasteiger partial charge on any atom is 0.321 e. The van der Waals surface area contributed by atoms with Crippen LogP contribution in [-0.2, 0) is 17.8 Å². The SMILES string of the molecule is COc1ccc(-c2nnc(SCC(=O)NC(=O)NCCC(C)C)n2CCc2ccccc2)cc1. The Kier molecular flexibility index (Phi) is 9.51. The number of amides is 3. The third-order valence-electron chi connectivity index (χ3n) is 5.12. The van der Waals surface area contributed by atoms with E-state index in [4.69, 9.17) is 4.74 Å². The molecule has 8 nitrogen and oxygen atoms in total. The number of carbonyl (C=O) groups is 2. The van der Waals surface area contributed by atoms with Gasteiger partial charge in [-0.3, -0.25) is 10.1 Å². The highest BCUT2D eigenvalue weighted by atomic mass is 32.2. The lowest BCUT2D eigenvalue weighted by molar-refractivity contribution is -0.117. The second-order valence-electron chi connectivity index (χ2n) is 8.20. The Morgan fingerprint density at radius 3 is 2.47 bits per heavy atom. The Balaban J connectivity index is 1.68. The number of ether oxygens (including phenoxy) is 1. The predicted octanol–water partition coefficient (Wildman–Crippen LogP) is 4.16. The Morgan fingerprint density at radius 2 is 1.79 bits per heavy atom. The number of imide groups is 1. The molecule has 2 N–H and O–H groups in total. The number of methoxy groups -OCH3 is 1. The molecule has 180 valence electrons. The average Bonchev–Trinajstić information content (AvgIpc) is 3.24. The summed E-state index contributed by atoms with van der Waals surface area (Å²) in [5.41, 5.74) is 2.10. The predicted molar refractivity (Wildman–Crippen MR) is 134 cm³/mol. The van der Waals surface area contributed by atoms with E-state index in [2.05, 4.69) is 46.8 Å². The molecule has 0 bridgehead atoms. The van der Waals surface area contributed by atoms with Gasteiger partial charge in [0.05, 0.1) is 12.9 Å². The van der Waals surface area contributed by atoms with Gasteiger partial charge in [0, 0.05) is 18.7 Å². The number of benzene rings is 2. The maximum atomic E-state index is 12.3. The van der Waals surface area contributed by atoms with Gasteiger partial charge in [-0.15, -0.1) is 10.2 Å². The van der Waals surface area contributed by atoms with Crippen molar-refractivity contribution < 1.29 is 14.3 Å². The first-order chi connectivity index (χ1) is 16.5. The lowest BCUT2D eigenvalue weighted by Gasteiger charge is -2.11. The van der Waals surface area contributed by atoms with E-state index in [1.807, 2.05) is 47.0 Å². The molecule has 0 aliphatic heterocycles. The quantitative estimate of drug-likeness (QED) is 0.399. The fourth-order valence-electron chi connectivity index (χ4n) is 3.25. The van der Waals surface area contributed by atoms with Gasteiger partial charge < -0.3 is 14.6 Å². The smallest absolute Gasteiger partial charge is 0.321 e. The first kappa shape index (κ1) is 25.3. The molecular formula is C25H31N5O3S. The van der Waals surface area contributed by atoms with E-state index in [1.165, 1.54) is 17.3 Å². The number of nitrogens with one attached hydrogen (secondary N) is 2. The molecular weight excluding hydrogens is 450 g/mol. The summed E-state index contributed by atoms with van der Waals surface area (Å²) >= 11 is 1.26. The topological polar surface area (TPSA) is 98.1 Å². The molecule has 0 unspecified atom stereocenters. The van der Waals surface area contributed by atoms with Crippen LogP contribution < -0.4 is 15.4 Å². The highest BCUT2D eigenvalue weighted by Gasteiger charge is 2.17. The average molecular weight is 482 g/mol. The lowest BCUT2D eigenvalue weighted by Crippen LogP contribution is -2.40. The van der Waals surface area contributed by atoms with Crippen molar-refractivity contribution >= 4 is 23.7 Å². The van der Waals surface area contributed by atoms with Gasteiger partial charge in [0.2, 0.25) is 5.91 Å². The van der Waals surface area contributed by atoms with Crippen molar-refractivity contribution in [1.82, 2.24) is 25.4 Å². The van der Waals surface area contributed by atoms with E-state index in [0.717, 1.165) is 24.2 Å². The molecule has 3 rings (SSSR count). The highest BCUT2D eigenvalue weighted by molar-refractivity contribution is 7.99. The Labute approximate surface area is 204 Å². The molecule has 0 aliphatic rings. The van der Waals surface area contributed by atoms with Crippen molar-refractivity contribution in [3.05, 3.63) is 60.2 Å². The third kappa shape index (κ3) is 7.62. The molecule has 34 heavy (non-hydrogen) atoms. The van der Waals surface area contributed by atoms with Crippen LogP contribution in [0.4, 0.5) is 4.79 Å². The monoisotopic (exact) mass is 481 g/mol. The molecule has 0 fully saturated rings. The van der Waals surface area contributed by atoms with Gasteiger partial charge in [-0.05, 0) is 48.6 Å². The van der Waals surface area contributed by atoms with Crippen LogP contribution in [0.1, 0.15) is 25.8 Å². The first-order valence-electron chi connectivity index (χ1n) is 11.3. The summed E-state index contributed by atoms with van der Waals surface area (Å²) in [5.74, 6) is 1.64. The second-order valence-corrected chi connectivity index (χ2v) is 9.14. The van der Waals surface area contributed by atoms with Crippen molar-refractivity contribution in [3.63, 3.8) is 0 Å². The Bertz CT molecular complexity index is 1070. The minimum Gasteiger partial charge on any atom is -0.497 e. The summed E-state index contributed by atoms with van der Waals surface area (Å²) in [6.07, 6.45) is 1.65. The molecule has 0 saturated carbocycles. The number of nitrogens with zero attached hydrogens (tertiary/aromatic N) is 3. The highest BCUT2D eigenvalue weighted by Crippen LogP contribution is 2.26. The van der Waals surface area contributed by atoms with Crippen molar-refractivity contribution in [2.45, 2.75) is 38.4 Å². The minimum absolute atomic E-state index is 0.0592. The Hall–Kier alpha value is -3.33. The maximum absolute atomic E-state index is 12.3. The van der Waals surface area contributed by atoms with Gasteiger partial charge in [-0.25, -0.2) is 4.79 Å². The van der Waals surface area contributed by atoms with E-state index >= 15 is 0 Å². The lowest BCUT2D eigenvalue weighted by atomic mass is 10.1. The van der Waals surface area contributed by atoms with E-state index in [1.54, 1.807) is 7.11 Å². The van der Waals surface area contributed by atoms with Gasteiger partial charge >= 0.3 is 6.03 Å². The zero-order valence-corrected chi connectivity index (χ0v) is 20.6. The fraction of sp³-hybridized carbons (Fsp3) is 0.360. The van der Waals surface area contributed by atoms with Crippen LogP contribution in [0.2, 0.25) is 0 Å². The Morgan fingerprint density at radius 1 is 1.06 bits per heavy atom. The normalized spacial score (nSPS) is 10.8. The van der Waals surface area contributed by atoms with Crippen molar-refractivity contribution in [3.8, 4) is 17.1 Å². The van der Waals surface area contributed by atoms with Crippen molar-refractivity contribution in [1.29, 1.82) is 0 Å². The molecule has 0 aliphatic carbocycles. The molecule has 0 spiro atoms. The summed E-state index contributed by atoms with van der Waals surface area (Å²) in [4.78, 5) is 24.2. The largest absolute Gasteiger partial charge is 0.497 e. The third-order valence-corrected chi connectivity index (χ3v) is 6.09. The van der Waals surface area contributed by atoms with E-state index in [9.17, 15) is 9.59 Å². The summed E-state index contributed by atoms with van der Waals surface area (Å²) < 4.78 is 7.26. The second kappa shape index (κ2) is 12.8. The van der Waals surface area contributed by atoms with Crippen LogP contribution in [0.25, 0.3) is 11.4 Å². The van der Waals surface area contributed by atoms with Crippen LogP contribution in [0, 0.1) is 5.92 Å². The molecule has 1 aromatic heterocycles. The number of aryl methyl sites for hydroxylation is 1. The standard InChI is InChI=1S/C25H31N5O3S/c1-18(2)13-15-26-24(32)27-22(31)17-34-25-29-28-23(20-9-11-21(33-3)12-10-20)30(25)16-14-19-7-5-4-6-8-19/h4-12,18H,13-17H2,1-3H3,(H2,26,27,31,32). The van der Waals surface area contributed by atoms with E-state index < -0.39 is 6.03 Å². The summed E-state index contributed by atoms with van der Waals surface area (Å²) in [6.45, 7) is 5.34. The van der Waals surface area contributed by atoms with Gasteiger partial charge in [-0.2, -0.15) is 0 Å². The number of urea groups is 1. The van der Waals surface area contributed by atoms with Crippen molar-refractivity contribution in [2.75, 3.05) is 19.4 Å². The summed E-state index contributed by atoms with van der Waals surface area (Å²) in [5, 5.41) is 14.4. The zero-order chi connectivity index (χ0) is 24.3. The fourth-order valence-corrected chi connectivity index (χ4v) is 4.01. The molecule has 1 heterocycles. The molecule has 0 radical (unpaired) electrons. The van der Waals surface area contributed by atoms with Gasteiger partial charge in [0.1, 0.15) is 5.75 Å². The van der Waals surface area contributed by atoms with E-state index in [-0.39, 0.29) is 11.7 Å². The van der Waals surface area contributed by atoms with Crippen LogP contribution in [0.5, 0.6) is 5.75 Å². The van der Waals surface area contributed by atoms with Crippen LogP contribution >= 0.6 is 11.8 Å². The van der Waals surface area contributed by atoms with Crippen LogP contribution in [0.15, 0.2) is 59.8 Å². The minimum atomic E-state index is -0.476. The first-order valence-corrected chi connectivity index (χ1v) is 12.3. The number of rotatable bonds is 11. The summed E-state index contributed by atoms with van der Waals surface area (Å²) in [7, 11) is 1.63. The van der Waals surface area contributed by atoms with Crippen LogP contribution in [-0.4, -0.2) is 46.1 Å². The van der Waals surface area contributed by atoms with Crippen LogP contribution in [0.3, 0.4) is 0 Å². The molecule has 3 amide bonds. The van der Waals surface area contributed by atoms with Crippen molar-refractivity contribution in [2.24, 2.45) is 5.92 Å². The summed E-state index contributed by atoms with van der Waals surface area (Å²) in [6, 6.07) is 17.3. The molecule has 0 saturated heterocycles. The van der Waals surface area contributed by atoms with Gasteiger partial charge in [-0.1, -0.05) is 55.9 Å². The molecule has 9 heteroatoms. The number of hydrogen-bond acceptors (Lipinski definition) is 6. The number of hydrogen-bond donors (Lipinski definition) is 2. The van der Waals surface area contributed by atoms with Gasteiger partial charge in [0.15, 0.2) is 11.0 Å². The number of thioether (sulfide) groups is 1. The number of carbonyl (C=O) groups excluding carboxylic acids is 2. The van der Waals surface area contributed by atoms with Gasteiger partial charge in [0.25, 0.3) is 0 Å². The molecule has 0 atom stereocenters. The zero-order valence-electron chi connectivity index (χ0n) is 19.8. The number of aromatic nitrogens is 3. The molecule has 3 aromatic rings. The van der Waals surface area contributed by atoms with E-state index in [0.29, 0.717) is 30.0 Å². The molecule has 2 aromatic carbocycles.